The normalized spacial score (nSPS) is 10.6. The summed E-state index contributed by atoms with van der Waals surface area (Å²) < 4.78 is 5.06. The van der Waals surface area contributed by atoms with Crippen molar-refractivity contribution in [1.29, 1.82) is 0 Å². The molecule has 2 N–H and O–H groups in total. The molecule has 0 aliphatic rings. The number of aromatic nitrogens is 2. The number of hydrogen-bond donors (Lipinski definition) is 2. The molecular formula is C20H19ClN4O3S. The fourth-order valence-electron chi connectivity index (χ4n) is 2.44. The second-order valence-corrected chi connectivity index (χ2v) is 7.50. The number of nitrogens with one attached hydrogen (secondary N) is 2. The maximum Gasteiger partial charge on any atom is 0.258 e. The van der Waals surface area contributed by atoms with Crippen molar-refractivity contribution in [2.45, 2.75) is 31.0 Å². The summed E-state index contributed by atoms with van der Waals surface area (Å²) in [6, 6.07) is 10.1. The van der Waals surface area contributed by atoms with Gasteiger partial charge in [-0.05, 0) is 37.3 Å². The number of halogens is 1. The lowest BCUT2D eigenvalue weighted by Gasteiger charge is -2.12. The van der Waals surface area contributed by atoms with Gasteiger partial charge in [-0.3, -0.25) is 9.59 Å². The van der Waals surface area contributed by atoms with Gasteiger partial charge in [0.2, 0.25) is 5.91 Å². The van der Waals surface area contributed by atoms with Crippen LogP contribution in [0.4, 0.5) is 11.4 Å². The number of rotatable bonds is 7. The van der Waals surface area contributed by atoms with Gasteiger partial charge in [0.15, 0.2) is 0 Å². The number of benzene rings is 1. The van der Waals surface area contributed by atoms with E-state index < -0.39 is 0 Å². The number of hydrogen-bond acceptors (Lipinski definition) is 6. The summed E-state index contributed by atoms with van der Waals surface area (Å²) in [5.74, 6) is 0.772. The van der Waals surface area contributed by atoms with E-state index in [4.69, 9.17) is 16.1 Å². The lowest BCUT2D eigenvalue weighted by molar-refractivity contribution is -0.115. The topological polar surface area (TPSA) is 97.1 Å². The van der Waals surface area contributed by atoms with Crippen molar-refractivity contribution in [3.63, 3.8) is 0 Å². The third kappa shape index (κ3) is 5.58. The molecule has 150 valence electrons. The molecule has 0 unspecified atom stereocenters. The number of pyridine rings is 1. The standard InChI is InChI=1S/C20H19ClN4O3S/c1-3-18(26)23-13-6-7-16(21)17(10-13)24-19(27)15-5-4-8-22-20(15)29-11-14-9-12(2)28-25-14/h4-10H,3,11H2,1-2H3,(H,23,26)(H,24,27). The first-order valence-corrected chi connectivity index (χ1v) is 10.2. The molecule has 1 aromatic carbocycles. The highest BCUT2D eigenvalue weighted by molar-refractivity contribution is 7.98. The lowest BCUT2D eigenvalue weighted by atomic mass is 10.2. The van der Waals surface area contributed by atoms with Crippen LogP contribution in [0, 0.1) is 6.92 Å². The smallest absolute Gasteiger partial charge is 0.258 e. The highest BCUT2D eigenvalue weighted by Gasteiger charge is 2.16. The number of nitrogens with zero attached hydrogens (tertiary/aromatic N) is 2. The van der Waals surface area contributed by atoms with Crippen LogP contribution in [0.3, 0.4) is 0 Å². The lowest BCUT2D eigenvalue weighted by Crippen LogP contribution is -2.15. The van der Waals surface area contributed by atoms with Crippen LogP contribution in [-0.4, -0.2) is 22.0 Å². The Labute approximate surface area is 177 Å². The number of aryl methyl sites for hydroxylation is 1. The van der Waals surface area contributed by atoms with Gasteiger partial charge >= 0.3 is 0 Å². The summed E-state index contributed by atoms with van der Waals surface area (Å²) in [6.07, 6.45) is 1.98. The third-order valence-corrected chi connectivity index (χ3v) is 5.24. The van der Waals surface area contributed by atoms with E-state index in [1.165, 1.54) is 11.8 Å². The fraction of sp³-hybridized carbons (Fsp3) is 0.200. The largest absolute Gasteiger partial charge is 0.361 e. The van der Waals surface area contributed by atoms with Crippen molar-refractivity contribution >= 4 is 46.6 Å². The van der Waals surface area contributed by atoms with Gasteiger partial charge in [-0.25, -0.2) is 4.98 Å². The van der Waals surface area contributed by atoms with Crippen LogP contribution >= 0.6 is 23.4 Å². The van der Waals surface area contributed by atoms with Crippen molar-refractivity contribution in [2.75, 3.05) is 10.6 Å². The molecule has 0 aliphatic carbocycles. The van der Waals surface area contributed by atoms with Gasteiger partial charge in [-0.15, -0.1) is 0 Å². The monoisotopic (exact) mass is 430 g/mol. The van der Waals surface area contributed by atoms with E-state index in [-0.39, 0.29) is 11.8 Å². The van der Waals surface area contributed by atoms with E-state index in [1.54, 1.807) is 43.5 Å². The van der Waals surface area contributed by atoms with E-state index in [2.05, 4.69) is 20.8 Å². The van der Waals surface area contributed by atoms with Crippen molar-refractivity contribution < 1.29 is 14.1 Å². The quantitative estimate of drug-likeness (QED) is 0.516. The van der Waals surface area contributed by atoms with Crippen molar-refractivity contribution in [1.82, 2.24) is 10.1 Å². The van der Waals surface area contributed by atoms with Crippen LogP contribution < -0.4 is 10.6 Å². The van der Waals surface area contributed by atoms with Crippen LogP contribution in [0.15, 0.2) is 52.1 Å². The number of carbonyl (C=O) groups is 2. The predicted molar refractivity (Wildman–Crippen MR) is 113 cm³/mol. The van der Waals surface area contributed by atoms with Crippen molar-refractivity contribution in [3.05, 3.63) is 64.6 Å². The molecule has 0 saturated heterocycles. The van der Waals surface area contributed by atoms with Gasteiger partial charge in [0.25, 0.3) is 5.91 Å². The number of carbonyl (C=O) groups excluding carboxylic acids is 2. The Morgan fingerprint density at radius 3 is 2.76 bits per heavy atom. The Balaban J connectivity index is 1.75. The minimum atomic E-state index is -0.349. The zero-order chi connectivity index (χ0) is 20.8. The Morgan fingerprint density at radius 1 is 1.21 bits per heavy atom. The minimum absolute atomic E-state index is 0.126. The van der Waals surface area contributed by atoms with Gasteiger partial charge < -0.3 is 15.2 Å². The first-order chi connectivity index (χ1) is 14.0. The molecule has 0 aliphatic heterocycles. The van der Waals surface area contributed by atoms with E-state index in [1.807, 2.05) is 13.0 Å². The molecule has 0 spiro atoms. The van der Waals surface area contributed by atoms with Gasteiger partial charge in [0, 0.05) is 30.1 Å². The molecule has 0 bridgehead atoms. The molecule has 29 heavy (non-hydrogen) atoms. The second-order valence-electron chi connectivity index (χ2n) is 6.12. The van der Waals surface area contributed by atoms with Crippen molar-refractivity contribution in [2.24, 2.45) is 0 Å². The predicted octanol–water partition coefficient (Wildman–Crippen LogP) is 4.92. The van der Waals surface area contributed by atoms with Crippen LogP contribution in [0.1, 0.15) is 35.2 Å². The number of amides is 2. The Bertz CT molecular complexity index is 1040. The highest BCUT2D eigenvalue weighted by atomic mass is 35.5. The van der Waals surface area contributed by atoms with Crippen LogP contribution in [0.5, 0.6) is 0 Å². The summed E-state index contributed by atoms with van der Waals surface area (Å²) in [6.45, 7) is 3.58. The zero-order valence-corrected chi connectivity index (χ0v) is 17.4. The van der Waals surface area contributed by atoms with E-state index >= 15 is 0 Å². The van der Waals surface area contributed by atoms with E-state index in [0.29, 0.717) is 39.2 Å². The molecule has 7 nitrogen and oxygen atoms in total. The van der Waals surface area contributed by atoms with Gasteiger partial charge in [0.1, 0.15) is 10.8 Å². The number of anilines is 2. The van der Waals surface area contributed by atoms with Crippen molar-refractivity contribution in [3.8, 4) is 0 Å². The van der Waals surface area contributed by atoms with Crippen LogP contribution in [0.25, 0.3) is 0 Å². The second kappa shape index (κ2) is 9.58. The minimum Gasteiger partial charge on any atom is -0.361 e. The van der Waals surface area contributed by atoms with Crippen LogP contribution in [0.2, 0.25) is 5.02 Å². The zero-order valence-electron chi connectivity index (χ0n) is 15.9. The Kier molecular flexibility index (Phi) is 6.90. The molecule has 9 heteroatoms. The molecule has 0 radical (unpaired) electrons. The Morgan fingerprint density at radius 2 is 2.03 bits per heavy atom. The highest BCUT2D eigenvalue weighted by Crippen LogP contribution is 2.28. The molecule has 0 saturated carbocycles. The molecule has 0 fully saturated rings. The molecule has 2 heterocycles. The molecule has 2 aromatic heterocycles. The van der Waals surface area contributed by atoms with E-state index in [9.17, 15) is 9.59 Å². The first kappa shape index (κ1) is 20.9. The summed E-state index contributed by atoms with van der Waals surface area (Å²) in [5.41, 5.74) is 2.14. The maximum absolute atomic E-state index is 12.8. The summed E-state index contributed by atoms with van der Waals surface area (Å²) >= 11 is 7.60. The molecule has 3 aromatic rings. The van der Waals surface area contributed by atoms with Crippen LogP contribution in [-0.2, 0) is 10.5 Å². The molecule has 0 atom stereocenters. The average molecular weight is 431 g/mol. The average Bonchev–Trinajstić information content (AvgIpc) is 3.14. The Hall–Kier alpha value is -2.84. The summed E-state index contributed by atoms with van der Waals surface area (Å²) in [7, 11) is 0. The molecular weight excluding hydrogens is 412 g/mol. The van der Waals surface area contributed by atoms with E-state index in [0.717, 1.165) is 11.5 Å². The fourth-order valence-corrected chi connectivity index (χ4v) is 3.48. The molecule has 2 amide bonds. The summed E-state index contributed by atoms with van der Waals surface area (Å²) in [4.78, 5) is 28.8. The SMILES string of the molecule is CCC(=O)Nc1ccc(Cl)c(NC(=O)c2cccnc2SCc2cc(C)on2)c1. The summed E-state index contributed by atoms with van der Waals surface area (Å²) in [5, 5.41) is 10.4. The van der Waals surface area contributed by atoms with Gasteiger partial charge in [-0.2, -0.15) is 0 Å². The molecule has 3 rings (SSSR count). The van der Waals surface area contributed by atoms with Gasteiger partial charge in [-0.1, -0.05) is 35.4 Å². The number of thioether (sulfide) groups is 1. The third-order valence-electron chi connectivity index (χ3n) is 3.87. The first-order valence-electron chi connectivity index (χ1n) is 8.87. The van der Waals surface area contributed by atoms with Gasteiger partial charge in [0.05, 0.1) is 22.0 Å². The maximum atomic E-state index is 12.8.